The van der Waals surface area contributed by atoms with Crippen molar-refractivity contribution < 1.29 is 0 Å². The molecule has 11 aromatic rings. The summed E-state index contributed by atoms with van der Waals surface area (Å²) in [5, 5.41) is 2.55. The van der Waals surface area contributed by atoms with Gasteiger partial charge in [-0.15, -0.1) is 0 Å². The molecule has 0 radical (unpaired) electrons. The van der Waals surface area contributed by atoms with Gasteiger partial charge in [-0.3, -0.25) is 0 Å². The van der Waals surface area contributed by atoms with E-state index in [1.165, 1.54) is 119 Å². The highest BCUT2D eigenvalue weighted by atomic mass is 32.2. The molecule has 0 spiro atoms. The molecule has 10 aromatic carbocycles. The summed E-state index contributed by atoms with van der Waals surface area (Å²) >= 11 is 5.57. The maximum atomic E-state index is 2.42. The van der Waals surface area contributed by atoms with Crippen molar-refractivity contribution in [3.05, 3.63) is 218 Å². The van der Waals surface area contributed by atoms with E-state index < -0.39 is 0 Å². The first-order valence-corrected chi connectivity index (χ1v) is 25.7. The summed E-state index contributed by atoms with van der Waals surface area (Å²) in [4.78, 5) is 14.6. The van der Waals surface area contributed by atoms with Crippen LogP contribution in [-0.4, -0.2) is 18.7 Å². The smallest absolute Gasteiger partial charge is 0.0602 e. The highest BCUT2D eigenvalue weighted by Crippen LogP contribution is 2.54. The van der Waals surface area contributed by atoms with Crippen LogP contribution in [-0.2, 0) is 0 Å². The number of aromatic nitrogens is 1. The van der Waals surface area contributed by atoms with Crippen molar-refractivity contribution >= 4 is 96.9 Å². The SMILES string of the molecule is CN1c2ccccc2Sc2cc(-c3ccc(N4c5ccccc5Sc5cc(-c6ccc7c(c6)Sc6cc(-c8ccc(-n9c%10ccccc%10c%10ccccc%109)cc8)ccc6N7C)ccc54)cc3)ccc21. The lowest BCUT2D eigenvalue weighted by molar-refractivity contribution is 1.11. The maximum Gasteiger partial charge on any atom is 0.0602 e. The molecule has 7 heteroatoms. The van der Waals surface area contributed by atoms with Crippen LogP contribution in [0, 0.1) is 0 Å². The van der Waals surface area contributed by atoms with Crippen LogP contribution in [0.2, 0.25) is 0 Å². The summed E-state index contributed by atoms with van der Waals surface area (Å²) < 4.78 is 2.38. The minimum atomic E-state index is 1.15. The van der Waals surface area contributed by atoms with E-state index in [1.54, 1.807) is 0 Å². The van der Waals surface area contributed by atoms with Crippen LogP contribution in [0.3, 0.4) is 0 Å². The van der Waals surface area contributed by atoms with Crippen LogP contribution in [0.1, 0.15) is 0 Å². The lowest BCUT2D eigenvalue weighted by atomic mass is 10.0. The molecule has 0 aliphatic carbocycles. The maximum absolute atomic E-state index is 2.42. The molecule has 0 saturated heterocycles. The van der Waals surface area contributed by atoms with Crippen molar-refractivity contribution in [1.29, 1.82) is 0 Å². The molecule has 0 bridgehead atoms. The minimum absolute atomic E-state index is 1.15. The zero-order chi connectivity index (χ0) is 45.7. The fraction of sp³-hybridized carbons (Fsp3) is 0.0323. The molecule has 4 nitrogen and oxygen atoms in total. The summed E-state index contributed by atoms with van der Waals surface area (Å²) in [5.74, 6) is 0. The first-order valence-electron chi connectivity index (χ1n) is 23.3. The van der Waals surface area contributed by atoms with E-state index in [4.69, 9.17) is 0 Å². The Bertz CT molecular complexity index is 3820. The second kappa shape index (κ2) is 16.0. The number of nitrogens with zero attached hydrogens (tertiary/aromatic N) is 4. The van der Waals surface area contributed by atoms with E-state index in [1.807, 2.05) is 35.3 Å². The molecule has 0 fully saturated rings. The topological polar surface area (TPSA) is 14.7 Å². The van der Waals surface area contributed by atoms with E-state index in [-0.39, 0.29) is 0 Å². The number of para-hydroxylation sites is 4. The number of rotatable bonds is 5. The zero-order valence-electron chi connectivity index (χ0n) is 37.8. The van der Waals surface area contributed by atoms with E-state index in [0.717, 1.165) is 11.4 Å². The Balaban J connectivity index is 0.746. The average Bonchev–Trinajstić information content (AvgIpc) is 3.74. The lowest BCUT2D eigenvalue weighted by Crippen LogP contribution is -2.15. The molecule has 0 amide bonds. The molecule has 0 atom stereocenters. The van der Waals surface area contributed by atoms with Crippen LogP contribution >= 0.6 is 35.3 Å². The summed E-state index contributed by atoms with van der Waals surface area (Å²) in [7, 11) is 4.35. The van der Waals surface area contributed by atoms with Crippen molar-refractivity contribution in [3.63, 3.8) is 0 Å². The Morgan fingerprint density at radius 3 is 1.13 bits per heavy atom. The second-order valence-corrected chi connectivity index (χ2v) is 21.1. The van der Waals surface area contributed by atoms with Gasteiger partial charge in [0, 0.05) is 65.6 Å². The summed E-state index contributed by atoms with van der Waals surface area (Å²) in [6.45, 7) is 0. The predicted octanol–water partition coefficient (Wildman–Crippen LogP) is 18.2. The van der Waals surface area contributed by atoms with Gasteiger partial charge in [-0.05, 0) is 143 Å². The van der Waals surface area contributed by atoms with Crippen LogP contribution < -0.4 is 14.7 Å². The van der Waals surface area contributed by atoms with Crippen molar-refractivity contribution in [2.45, 2.75) is 29.4 Å². The highest BCUT2D eigenvalue weighted by molar-refractivity contribution is 8.00. The number of hydrogen-bond donors (Lipinski definition) is 0. The van der Waals surface area contributed by atoms with Crippen molar-refractivity contribution in [3.8, 4) is 39.1 Å². The van der Waals surface area contributed by atoms with Crippen molar-refractivity contribution in [1.82, 2.24) is 4.57 Å². The fourth-order valence-corrected chi connectivity index (χ4v) is 14.0. The van der Waals surface area contributed by atoms with E-state index >= 15 is 0 Å². The van der Waals surface area contributed by atoms with Crippen molar-refractivity contribution in [2.24, 2.45) is 0 Å². The number of benzene rings is 10. The Labute approximate surface area is 414 Å². The summed E-state index contributed by atoms with van der Waals surface area (Å²) in [6, 6.07) is 80.6. The molecule has 3 aliphatic rings. The van der Waals surface area contributed by atoms with Crippen LogP contribution in [0.25, 0.3) is 60.9 Å². The second-order valence-electron chi connectivity index (χ2n) is 17.9. The van der Waals surface area contributed by atoms with Crippen LogP contribution in [0.15, 0.2) is 248 Å². The Hall–Kier alpha value is -7.55. The number of hydrogen-bond acceptors (Lipinski definition) is 6. The van der Waals surface area contributed by atoms with Gasteiger partial charge in [0.25, 0.3) is 0 Å². The Morgan fingerprint density at radius 1 is 0.275 bits per heavy atom. The molecule has 328 valence electrons. The summed E-state index contributed by atoms with van der Waals surface area (Å²) in [6.07, 6.45) is 0. The third-order valence-electron chi connectivity index (χ3n) is 14.0. The van der Waals surface area contributed by atoms with Gasteiger partial charge in [-0.25, -0.2) is 0 Å². The molecule has 4 heterocycles. The van der Waals surface area contributed by atoms with Gasteiger partial charge in [0.2, 0.25) is 0 Å². The molecular formula is C62H42N4S3. The van der Waals surface area contributed by atoms with E-state index in [0.29, 0.717) is 0 Å². The minimum Gasteiger partial charge on any atom is -0.343 e. The average molecular weight is 939 g/mol. The standard InChI is InChI=1S/C62H42N4S3/c1-63-51-15-7-9-17-57(51)67-59-35-41(23-31-52(59)63)40-21-29-46(30-22-40)66-55-16-8-10-18-58(55)68-62-38-44(26-34-56(62)66)43-25-33-54-61(37-43)69-60-36-42(24-32-53(60)64(54)2)39-19-27-45(28-20-39)65-49-13-5-3-11-47(49)48-12-4-6-14-50(48)65/h3-38H,1-2H3. The summed E-state index contributed by atoms with van der Waals surface area (Å²) in [5.41, 5.74) is 19.4. The van der Waals surface area contributed by atoms with Gasteiger partial charge < -0.3 is 19.3 Å². The van der Waals surface area contributed by atoms with Gasteiger partial charge >= 0.3 is 0 Å². The largest absolute Gasteiger partial charge is 0.343 e. The number of anilines is 7. The fourth-order valence-electron chi connectivity index (χ4n) is 10.5. The molecule has 14 rings (SSSR count). The molecule has 69 heavy (non-hydrogen) atoms. The molecular weight excluding hydrogens is 897 g/mol. The van der Waals surface area contributed by atoms with Gasteiger partial charge in [0.15, 0.2) is 0 Å². The van der Waals surface area contributed by atoms with Gasteiger partial charge in [0.05, 0.1) is 45.2 Å². The van der Waals surface area contributed by atoms with Gasteiger partial charge in [-0.2, -0.15) is 0 Å². The van der Waals surface area contributed by atoms with Crippen LogP contribution in [0.5, 0.6) is 0 Å². The Kier molecular flexibility index (Phi) is 9.41. The normalized spacial score (nSPS) is 13.4. The lowest BCUT2D eigenvalue weighted by Gasteiger charge is -2.33. The monoisotopic (exact) mass is 938 g/mol. The predicted molar refractivity (Wildman–Crippen MR) is 293 cm³/mol. The van der Waals surface area contributed by atoms with E-state index in [2.05, 4.69) is 252 Å². The van der Waals surface area contributed by atoms with Gasteiger partial charge in [-0.1, -0.05) is 144 Å². The quantitative estimate of drug-likeness (QED) is 0.170. The van der Waals surface area contributed by atoms with Crippen LogP contribution in [0.4, 0.5) is 39.8 Å². The van der Waals surface area contributed by atoms with Crippen molar-refractivity contribution in [2.75, 3.05) is 28.8 Å². The van der Waals surface area contributed by atoms with E-state index in [9.17, 15) is 0 Å². The Morgan fingerprint density at radius 2 is 0.609 bits per heavy atom. The first kappa shape index (κ1) is 40.5. The molecule has 0 saturated carbocycles. The molecule has 1 aromatic heterocycles. The first-order chi connectivity index (χ1) is 34.0. The molecule has 0 unspecified atom stereocenters. The molecule has 0 N–H and O–H groups in total. The third-order valence-corrected chi connectivity index (χ3v) is 17.3. The third kappa shape index (κ3) is 6.63. The zero-order valence-corrected chi connectivity index (χ0v) is 40.2. The number of fused-ring (bicyclic) bond motifs is 9. The van der Waals surface area contributed by atoms with Gasteiger partial charge in [0.1, 0.15) is 0 Å². The molecule has 3 aliphatic heterocycles. The highest BCUT2D eigenvalue weighted by Gasteiger charge is 2.27.